The van der Waals surface area contributed by atoms with Crippen LogP contribution in [0.4, 0.5) is 0 Å². The number of fused-ring (bicyclic) bond motifs is 2. The van der Waals surface area contributed by atoms with Crippen molar-refractivity contribution in [1.82, 2.24) is 9.97 Å². The fourth-order valence-corrected chi connectivity index (χ4v) is 4.33. The third-order valence-electron chi connectivity index (χ3n) is 4.33. The van der Waals surface area contributed by atoms with Crippen LogP contribution in [-0.4, -0.2) is 23.2 Å². The SMILES string of the molecule is CCP(=O)(OC)c1ccc2oc(-c3ccc4ncccc4c3)nc2c1. The van der Waals surface area contributed by atoms with Gasteiger partial charge in [-0.15, -0.1) is 0 Å². The van der Waals surface area contributed by atoms with Gasteiger partial charge in [0.15, 0.2) is 5.58 Å². The average Bonchev–Trinajstić information content (AvgIpc) is 3.10. The summed E-state index contributed by atoms with van der Waals surface area (Å²) in [5.41, 5.74) is 3.13. The molecule has 0 amide bonds. The Kier molecular flexibility index (Phi) is 3.91. The molecule has 2 aromatic heterocycles. The summed E-state index contributed by atoms with van der Waals surface area (Å²) in [4.78, 5) is 8.89. The van der Waals surface area contributed by atoms with Gasteiger partial charge in [-0.25, -0.2) is 4.98 Å². The molecule has 126 valence electrons. The van der Waals surface area contributed by atoms with E-state index < -0.39 is 7.37 Å². The van der Waals surface area contributed by atoms with Gasteiger partial charge in [0.05, 0.1) is 5.52 Å². The molecular formula is C19H17N2O3P. The van der Waals surface area contributed by atoms with Crippen molar-refractivity contribution in [3.63, 3.8) is 0 Å². The van der Waals surface area contributed by atoms with Crippen LogP contribution in [0.5, 0.6) is 0 Å². The predicted octanol–water partition coefficient (Wildman–Crippen LogP) is 4.61. The number of hydrogen-bond acceptors (Lipinski definition) is 5. The van der Waals surface area contributed by atoms with Crippen molar-refractivity contribution in [3.05, 3.63) is 54.7 Å². The molecule has 0 saturated heterocycles. The summed E-state index contributed by atoms with van der Waals surface area (Å²) in [6.07, 6.45) is 2.21. The molecule has 0 N–H and O–H groups in total. The zero-order chi connectivity index (χ0) is 17.4. The van der Waals surface area contributed by atoms with Gasteiger partial charge in [-0.05, 0) is 42.5 Å². The predicted molar refractivity (Wildman–Crippen MR) is 99.5 cm³/mol. The first-order valence-corrected chi connectivity index (χ1v) is 9.85. The van der Waals surface area contributed by atoms with E-state index in [1.165, 1.54) is 7.11 Å². The lowest BCUT2D eigenvalue weighted by atomic mass is 10.1. The first-order chi connectivity index (χ1) is 12.1. The second-order valence-corrected chi connectivity index (χ2v) is 8.61. The summed E-state index contributed by atoms with van der Waals surface area (Å²) in [6.45, 7) is 1.85. The smallest absolute Gasteiger partial charge is 0.231 e. The lowest BCUT2D eigenvalue weighted by Crippen LogP contribution is -2.07. The fourth-order valence-electron chi connectivity index (χ4n) is 2.88. The molecular weight excluding hydrogens is 335 g/mol. The molecule has 0 fully saturated rings. The second kappa shape index (κ2) is 6.10. The monoisotopic (exact) mass is 352 g/mol. The molecule has 0 bridgehead atoms. The number of nitrogens with zero attached hydrogens (tertiary/aromatic N) is 2. The van der Waals surface area contributed by atoms with Crippen LogP contribution in [0.1, 0.15) is 6.92 Å². The van der Waals surface area contributed by atoms with E-state index >= 15 is 0 Å². The summed E-state index contributed by atoms with van der Waals surface area (Å²) in [7, 11) is -1.35. The number of aromatic nitrogens is 2. The zero-order valence-electron chi connectivity index (χ0n) is 14.0. The third-order valence-corrected chi connectivity index (χ3v) is 6.81. The molecule has 4 aromatic rings. The van der Waals surface area contributed by atoms with Crippen LogP contribution in [0, 0.1) is 0 Å². The molecule has 25 heavy (non-hydrogen) atoms. The Balaban J connectivity index is 1.81. The molecule has 4 rings (SSSR count). The zero-order valence-corrected chi connectivity index (χ0v) is 14.9. The average molecular weight is 352 g/mol. The van der Waals surface area contributed by atoms with E-state index in [2.05, 4.69) is 9.97 Å². The number of benzene rings is 2. The molecule has 0 saturated carbocycles. The lowest BCUT2D eigenvalue weighted by Gasteiger charge is -2.13. The molecule has 2 aromatic carbocycles. The summed E-state index contributed by atoms with van der Waals surface area (Å²) >= 11 is 0. The summed E-state index contributed by atoms with van der Waals surface area (Å²) in [5.74, 6) is 0.529. The molecule has 0 aliphatic rings. The van der Waals surface area contributed by atoms with Gasteiger partial charge in [-0.1, -0.05) is 13.0 Å². The second-order valence-electron chi connectivity index (χ2n) is 5.75. The molecule has 6 heteroatoms. The van der Waals surface area contributed by atoms with E-state index in [1.54, 1.807) is 24.4 Å². The molecule has 0 aliphatic carbocycles. The van der Waals surface area contributed by atoms with E-state index in [-0.39, 0.29) is 0 Å². The van der Waals surface area contributed by atoms with Gasteiger partial charge in [0.1, 0.15) is 5.52 Å². The minimum atomic E-state index is -2.82. The highest BCUT2D eigenvalue weighted by Gasteiger charge is 2.23. The van der Waals surface area contributed by atoms with Crippen LogP contribution in [0.3, 0.4) is 0 Å². The van der Waals surface area contributed by atoms with Gasteiger partial charge < -0.3 is 8.94 Å². The Morgan fingerprint density at radius 2 is 2.00 bits per heavy atom. The Bertz CT molecular complexity index is 1110. The van der Waals surface area contributed by atoms with Crippen molar-refractivity contribution in [2.75, 3.05) is 13.3 Å². The lowest BCUT2D eigenvalue weighted by molar-refractivity contribution is 0.404. The van der Waals surface area contributed by atoms with Crippen LogP contribution in [0.2, 0.25) is 0 Å². The standard InChI is InChI=1S/C19H17N2O3P/c1-3-25(22,23-2)15-7-9-18-17(12-15)21-19(24-18)14-6-8-16-13(11-14)5-4-10-20-16/h4-12H,3H2,1-2H3. The summed E-state index contributed by atoms with van der Waals surface area (Å²) in [6, 6.07) is 15.2. The Labute approximate surface area is 145 Å². The molecule has 5 nitrogen and oxygen atoms in total. The fraction of sp³-hybridized carbons (Fsp3) is 0.158. The van der Waals surface area contributed by atoms with Crippen LogP contribution in [0.25, 0.3) is 33.5 Å². The first kappa shape index (κ1) is 16.0. The van der Waals surface area contributed by atoms with Gasteiger partial charge in [0.2, 0.25) is 13.3 Å². The van der Waals surface area contributed by atoms with Crippen molar-refractivity contribution in [2.45, 2.75) is 6.92 Å². The van der Waals surface area contributed by atoms with Crippen molar-refractivity contribution in [3.8, 4) is 11.5 Å². The number of pyridine rings is 1. The minimum Gasteiger partial charge on any atom is -0.436 e. The Morgan fingerprint density at radius 3 is 2.80 bits per heavy atom. The van der Waals surface area contributed by atoms with Crippen molar-refractivity contribution >= 4 is 34.7 Å². The van der Waals surface area contributed by atoms with Gasteiger partial charge in [-0.3, -0.25) is 9.55 Å². The van der Waals surface area contributed by atoms with E-state index in [0.717, 1.165) is 16.5 Å². The number of rotatable bonds is 4. The third kappa shape index (κ3) is 2.76. The van der Waals surface area contributed by atoms with Crippen molar-refractivity contribution in [2.24, 2.45) is 0 Å². The summed E-state index contributed by atoms with van der Waals surface area (Å²) < 4.78 is 23.9. The highest BCUT2D eigenvalue weighted by atomic mass is 31.2. The van der Waals surface area contributed by atoms with Crippen LogP contribution >= 0.6 is 7.37 Å². The maximum atomic E-state index is 12.7. The van der Waals surface area contributed by atoms with Gasteiger partial charge >= 0.3 is 0 Å². The van der Waals surface area contributed by atoms with Crippen LogP contribution in [-0.2, 0) is 9.09 Å². The topological polar surface area (TPSA) is 65.2 Å². The maximum absolute atomic E-state index is 12.7. The molecule has 0 radical (unpaired) electrons. The highest BCUT2D eigenvalue weighted by Crippen LogP contribution is 2.44. The van der Waals surface area contributed by atoms with E-state index in [0.29, 0.717) is 28.5 Å². The molecule has 2 heterocycles. The van der Waals surface area contributed by atoms with Gasteiger partial charge in [0.25, 0.3) is 0 Å². The van der Waals surface area contributed by atoms with Gasteiger partial charge in [0, 0.05) is 35.7 Å². The minimum absolute atomic E-state index is 0.442. The van der Waals surface area contributed by atoms with Crippen molar-refractivity contribution < 1.29 is 13.5 Å². The highest BCUT2D eigenvalue weighted by molar-refractivity contribution is 7.66. The van der Waals surface area contributed by atoms with E-state index in [9.17, 15) is 4.57 Å². The normalized spacial score (nSPS) is 14.0. The molecule has 0 spiro atoms. The quantitative estimate of drug-likeness (QED) is 0.502. The Morgan fingerprint density at radius 1 is 1.12 bits per heavy atom. The molecule has 1 unspecified atom stereocenters. The van der Waals surface area contributed by atoms with E-state index in [1.807, 2.05) is 37.3 Å². The van der Waals surface area contributed by atoms with Gasteiger partial charge in [-0.2, -0.15) is 0 Å². The largest absolute Gasteiger partial charge is 0.436 e. The number of oxazole rings is 1. The first-order valence-electron chi connectivity index (χ1n) is 8.04. The molecule has 1 atom stereocenters. The van der Waals surface area contributed by atoms with Crippen LogP contribution in [0.15, 0.2) is 59.1 Å². The van der Waals surface area contributed by atoms with E-state index in [4.69, 9.17) is 8.94 Å². The maximum Gasteiger partial charge on any atom is 0.231 e. The molecule has 0 aliphatic heterocycles. The van der Waals surface area contributed by atoms with Crippen LogP contribution < -0.4 is 5.30 Å². The van der Waals surface area contributed by atoms with Crippen molar-refractivity contribution in [1.29, 1.82) is 0 Å². The summed E-state index contributed by atoms with van der Waals surface area (Å²) in [5, 5.41) is 1.69. The number of hydrogen-bond donors (Lipinski definition) is 0. The Hall–Kier alpha value is -2.49.